The Morgan fingerprint density at radius 2 is 2.36 bits per heavy atom. The number of imidazole rings is 1. The second-order valence-corrected chi connectivity index (χ2v) is 4.48. The SMILES string of the molecule is NC1CCn2c1nc1cccc(Br)c12. The van der Waals surface area contributed by atoms with Crippen molar-refractivity contribution >= 4 is 27.0 Å². The summed E-state index contributed by atoms with van der Waals surface area (Å²) >= 11 is 3.55. The van der Waals surface area contributed by atoms with Crippen molar-refractivity contribution in [2.24, 2.45) is 5.73 Å². The minimum absolute atomic E-state index is 0.106. The van der Waals surface area contributed by atoms with Crippen LogP contribution in [0.1, 0.15) is 18.3 Å². The van der Waals surface area contributed by atoms with Crippen molar-refractivity contribution in [1.82, 2.24) is 9.55 Å². The first-order chi connectivity index (χ1) is 6.77. The summed E-state index contributed by atoms with van der Waals surface area (Å²) in [6, 6.07) is 6.18. The van der Waals surface area contributed by atoms with E-state index in [-0.39, 0.29) is 6.04 Å². The molecule has 2 N–H and O–H groups in total. The van der Waals surface area contributed by atoms with E-state index >= 15 is 0 Å². The predicted molar refractivity (Wildman–Crippen MR) is 59.0 cm³/mol. The number of hydrogen-bond donors (Lipinski definition) is 1. The highest BCUT2D eigenvalue weighted by Gasteiger charge is 2.23. The first-order valence-electron chi connectivity index (χ1n) is 4.67. The van der Waals surface area contributed by atoms with E-state index < -0.39 is 0 Å². The number of benzene rings is 1. The lowest BCUT2D eigenvalue weighted by Gasteiger charge is -1.99. The van der Waals surface area contributed by atoms with E-state index in [4.69, 9.17) is 5.73 Å². The second kappa shape index (κ2) is 2.81. The average molecular weight is 252 g/mol. The van der Waals surface area contributed by atoms with E-state index in [2.05, 4.69) is 25.5 Å². The third-order valence-corrected chi connectivity index (χ3v) is 3.38. The molecule has 0 radical (unpaired) electrons. The lowest BCUT2D eigenvalue weighted by atomic mass is 10.2. The number of nitrogens with zero attached hydrogens (tertiary/aromatic N) is 2. The quantitative estimate of drug-likeness (QED) is 0.781. The van der Waals surface area contributed by atoms with Crippen molar-refractivity contribution in [3.63, 3.8) is 0 Å². The first kappa shape index (κ1) is 8.44. The molecule has 0 fully saturated rings. The summed E-state index contributed by atoms with van der Waals surface area (Å²) in [6.07, 6.45) is 1.000. The second-order valence-electron chi connectivity index (χ2n) is 3.62. The topological polar surface area (TPSA) is 43.8 Å². The van der Waals surface area contributed by atoms with Gasteiger partial charge in [0.05, 0.1) is 17.1 Å². The van der Waals surface area contributed by atoms with Crippen LogP contribution in [0.2, 0.25) is 0 Å². The van der Waals surface area contributed by atoms with Crippen LogP contribution < -0.4 is 5.73 Å². The molecule has 1 aliphatic rings. The molecule has 1 aliphatic heterocycles. The van der Waals surface area contributed by atoms with Gasteiger partial charge in [0.15, 0.2) is 0 Å². The van der Waals surface area contributed by atoms with Crippen LogP contribution in [-0.2, 0) is 6.54 Å². The van der Waals surface area contributed by atoms with Gasteiger partial charge in [0.25, 0.3) is 0 Å². The highest BCUT2D eigenvalue weighted by Crippen LogP contribution is 2.31. The molecule has 1 aromatic carbocycles. The third-order valence-electron chi connectivity index (χ3n) is 2.74. The summed E-state index contributed by atoms with van der Waals surface area (Å²) < 4.78 is 3.31. The third kappa shape index (κ3) is 0.980. The molecule has 0 aliphatic carbocycles. The van der Waals surface area contributed by atoms with Gasteiger partial charge in [0.1, 0.15) is 5.82 Å². The minimum Gasteiger partial charge on any atom is -0.326 e. The molecule has 72 valence electrons. The summed E-state index contributed by atoms with van der Waals surface area (Å²) in [5.74, 6) is 1.02. The van der Waals surface area contributed by atoms with Gasteiger partial charge in [-0.15, -0.1) is 0 Å². The summed E-state index contributed by atoms with van der Waals surface area (Å²) in [7, 11) is 0. The Labute approximate surface area is 90.0 Å². The fourth-order valence-electron chi connectivity index (χ4n) is 2.07. The number of nitrogens with two attached hydrogens (primary N) is 1. The van der Waals surface area contributed by atoms with Gasteiger partial charge in [-0.05, 0) is 34.5 Å². The Balaban J connectivity index is 2.41. The average Bonchev–Trinajstić information content (AvgIpc) is 2.68. The molecule has 1 atom stereocenters. The van der Waals surface area contributed by atoms with Gasteiger partial charge in [0.2, 0.25) is 0 Å². The van der Waals surface area contributed by atoms with Crippen LogP contribution in [0.15, 0.2) is 22.7 Å². The summed E-state index contributed by atoms with van der Waals surface area (Å²) in [6.45, 7) is 0.982. The Bertz CT molecular complexity index is 503. The van der Waals surface area contributed by atoms with Crippen molar-refractivity contribution in [1.29, 1.82) is 0 Å². The highest BCUT2D eigenvalue weighted by molar-refractivity contribution is 9.10. The van der Waals surface area contributed by atoms with Crippen LogP contribution in [0.4, 0.5) is 0 Å². The van der Waals surface area contributed by atoms with Crippen LogP contribution in [0.25, 0.3) is 11.0 Å². The molecule has 2 aromatic rings. The number of aryl methyl sites for hydroxylation is 1. The number of hydrogen-bond acceptors (Lipinski definition) is 2. The van der Waals surface area contributed by atoms with Crippen LogP contribution in [0, 0.1) is 0 Å². The summed E-state index contributed by atoms with van der Waals surface area (Å²) in [5, 5.41) is 0. The summed E-state index contributed by atoms with van der Waals surface area (Å²) in [4.78, 5) is 4.54. The largest absolute Gasteiger partial charge is 0.326 e. The van der Waals surface area contributed by atoms with E-state index in [1.807, 2.05) is 18.2 Å². The van der Waals surface area contributed by atoms with Crippen molar-refractivity contribution in [3.05, 3.63) is 28.5 Å². The number of fused-ring (bicyclic) bond motifs is 3. The first-order valence-corrected chi connectivity index (χ1v) is 5.47. The Morgan fingerprint density at radius 3 is 3.21 bits per heavy atom. The molecular formula is C10H10BrN3. The van der Waals surface area contributed by atoms with Gasteiger partial charge in [-0.2, -0.15) is 0 Å². The Kier molecular flexibility index (Phi) is 1.69. The fourth-order valence-corrected chi connectivity index (χ4v) is 2.64. The predicted octanol–water partition coefficient (Wildman–Crippen LogP) is 2.20. The molecule has 4 heteroatoms. The monoisotopic (exact) mass is 251 g/mol. The van der Waals surface area contributed by atoms with Crippen molar-refractivity contribution in [2.75, 3.05) is 0 Å². The summed E-state index contributed by atoms with van der Waals surface area (Å²) in [5.41, 5.74) is 8.17. The van der Waals surface area contributed by atoms with Crippen LogP contribution in [-0.4, -0.2) is 9.55 Å². The zero-order chi connectivity index (χ0) is 9.71. The molecule has 0 bridgehead atoms. The molecule has 1 aromatic heterocycles. The van der Waals surface area contributed by atoms with Crippen molar-refractivity contribution in [3.8, 4) is 0 Å². The maximum Gasteiger partial charge on any atom is 0.126 e. The highest BCUT2D eigenvalue weighted by atomic mass is 79.9. The number of aromatic nitrogens is 2. The van der Waals surface area contributed by atoms with Gasteiger partial charge < -0.3 is 10.3 Å². The maximum atomic E-state index is 5.96. The zero-order valence-corrected chi connectivity index (χ0v) is 9.16. The molecule has 0 amide bonds. The number of rotatable bonds is 0. The van der Waals surface area contributed by atoms with Crippen LogP contribution in [0.3, 0.4) is 0 Å². The molecule has 0 saturated carbocycles. The van der Waals surface area contributed by atoms with Crippen molar-refractivity contribution in [2.45, 2.75) is 19.0 Å². The fraction of sp³-hybridized carbons (Fsp3) is 0.300. The van der Waals surface area contributed by atoms with Gasteiger partial charge in [-0.3, -0.25) is 0 Å². The van der Waals surface area contributed by atoms with Crippen LogP contribution in [0.5, 0.6) is 0 Å². The number of halogens is 1. The lowest BCUT2D eigenvalue weighted by molar-refractivity contribution is 0.685. The molecular weight excluding hydrogens is 242 g/mol. The van der Waals surface area contributed by atoms with Gasteiger partial charge >= 0.3 is 0 Å². The molecule has 2 heterocycles. The van der Waals surface area contributed by atoms with Crippen molar-refractivity contribution < 1.29 is 0 Å². The van der Waals surface area contributed by atoms with Gasteiger partial charge in [-0.1, -0.05) is 6.07 Å². The van der Waals surface area contributed by atoms with Crippen LogP contribution >= 0.6 is 15.9 Å². The molecule has 0 spiro atoms. The lowest BCUT2D eigenvalue weighted by Crippen LogP contribution is -2.06. The molecule has 1 unspecified atom stereocenters. The van der Waals surface area contributed by atoms with E-state index in [0.717, 1.165) is 28.8 Å². The Morgan fingerprint density at radius 1 is 1.50 bits per heavy atom. The Hall–Kier alpha value is -0.870. The molecule has 0 saturated heterocycles. The van der Waals surface area contributed by atoms with E-state index in [9.17, 15) is 0 Å². The molecule has 3 nitrogen and oxygen atoms in total. The standard InChI is InChI=1S/C10H10BrN3/c11-6-2-1-3-8-9(6)14-5-4-7(12)10(14)13-8/h1-3,7H,4-5,12H2. The van der Waals surface area contributed by atoms with E-state index in [1.165, 1.54) is 5.52 Å². The molecule has 14 heavy (non-hydrogen) atoms. The zero-order valence-electron chi connectivity index (χ0n) is 7.57. The van der Waals surface area contributed by atoms with Gasteiger partial charge in [-0.25, -0.2) is 4.98 Å². The maximum absolute atomic E-state index is 5.96. The minimum atomic E-state index is 0.106. The molecule has 3 rings (SSSR count). The van der Waals surface area contributed by atoms with Gasteiger partial charge in [0, 0.05) is 11.0 Å². The normalized spacial score (nSPS) is 20.3. The van der Waals surface area contributed by atoms with E-state index in [1.54, 1.807) is 0 Å². The number of para-hydroxylation sites is 1. The smallest absolute Gasteiger partial charge is 0.126 e. The van der Waals surface area contributed by atoms with E-state index in [0.29, 0.717) is 0 Å².